The molecule has 0 unspecified atom stereocenters. The zero-order valence-electron chi connectivity index (χ0n) is 14.1. The highest BCUT2D eigenvalue weighted by molar-refractivity contribution is 6.68. The Hall–Kier alpha value is -1.13. The van der Waals surface area contributed by atoms with Crippen molar-refractivity contribution in [1.29, 1.82) is 0 Å². The van der Waals surface area contributed by atoms with E-state index in [0.717, 1.165) is 11.1 Å². The molecular formula is C19H17Cl4NO2. The van der Waals surface area contributed by atoms with Crippen LogP contribution in [0.2, 0.25) is 5.02 Å². The van der Waals surface area contributed by atoms with Gasteiger partial charge in [-0.25, -0.2) is 4.79 Å². The van der Waals surface area contributed by atoms with Gasteiger partial charge in [0.15, 0.2) is 5.60 Å². The van der Waals surface area contributed by atoms with Gasteiger partial charge in [0.05, 0.1) is 12.1 Å². The van der Waals surface area contributed by atoms with E-state index in [1.807, 2.05) is 42.5 Å². The van der Waals surface area contributed by atoms with Crippen LogP contribution in [0.15, 0.2) is 54.6 Å². The zero-order valence-corrected chi connectivity index (χ0v) is 17.2. The average molecular weight is 433 g/mol. The molecule has 138 valence electrons. The molecule has 0 N–H and O–H groups in total. The van der Waals surface area contributed by atoms with Crippen molar-refractivity contribution >= 4 is 52.5 Å². The number of alkyl halides is 3. The normalized spacial score (nSPS) is 20.0. The summed E-state index contributed by atoms with van der Waals surface area (Å²) >= 11 is 23.8. The summed E-state index contributed by atoms with van der Waals surface area (Å²) in [5.41, 5.74) is 0.700. The van der Waals surface area contributed by atoms with Crippen molar-refractivity contribution in [3.05, 3.63) is 70.7 Å². The molecule has 0 aliphatic carbocycles. The molecule has 0 radical (unpaired) electrons. The molecule has 2 aromatic rings. The lowest BCUT2D eigenvalue weighted by molar-refractivity contribution is 0.0290. The third-order valence-corrected chi connectivity index (χ3v) is 6.01. The molecule has 1 aliphatic rings. The number of rotatable bonds is 3. The van der Waals surface area contributed by atoms with Crippen LogP contribution >= 0.6 is 46.4 Å². The first-order chi connectivity index (χ1) is 12.1. The molecule has 0 aromatic heterocycles. The van der Waals surface area contributed by atoms with Gasteiger partial charge in [-0.2, -0.15) is 0 Å². The van der Waals surface area contributed by atoms with Crippen LogP contribution in [0.5, 0.6) is 0 Å². The van der Waals surface area contributed by atoms with Gasteiger partial charge in [-0.3, -0.25) is 4.90 Å². The van der Waals surface area contributed by atoms with Crippen molar-refractivity contribution in [3.63, 3.8) is 0 Å². The summed E-state index contributed by atoms with van der Waals surface area (Å²) in [6, 6.07) is 16.8. The lowest BCUT2D eigenvalue weighted by Gasteiger charge is -2.32. The molecule has 3 rings (SSSR count). The van der Waals surface area contributed by atoms with E-state index in [1.165, 1.54) is 0 Å². The van der Waals surface area contributed by atoms with E-state index in [1.54, 1.807) is 30.9 Å². The van der Waals surface area contributed by atoms with E-state index >= 15 is 0 Å². The number of ether oxygens (including phenoxy) is 1. The Bertz CT molecular complexity index is 787. The molecule has 1 heterocycles. The predicted molar refractivity (Wildman–Crippen MR) is 106 cm³/mol. The van der Waals surface area contributed by atoms with Crippen molar-refractivity contribution in [2.24, 2.45) is 0 Å². The fourth-order valence-electron chi connectivity index (χ4n) is 2.78. The van der Waals surface area contributed by atoms with Crippen LogP contribution in [0.3, 0.4) is 0 Å². The van der Waals surface area contributed by atoms with Crippen molar-refractivity contribution < 1.29 is 9.53 Å². The zero-order chi connectivity index (χ0) is 19.1. The van der Waals surface area contributed by atoms with E-state index in [-0.39, 0.29) is 12.1 Å². The Morgan fingerprint density at radius 1 is 0.923 bits per heavy atom. The van der Waals surface area contributed by atoms with Crippen LogP contribution in [-0.4, -0.2) is 20.4 Å². The maximum Gasteiger partial charge on any atom is 0.411 e. The highest BCUT2D eigenvalue weighted by Gasteiger charge is 2.56. The SMILES string of the molecule is CC(C)(OC(=O)N1[C@H](c2ccccc2)[C@@H]1c1ccc(Cl)cc1)C(Cl)(Cl)Cl. The number of hydrogen-bond donors (Lipinski definition) is 0. The molecule has 0 bridgehead atoms. The molecule has 1 aliphatic heterocycles. The fourth-order valence-corrected chi connectivity index (χ4v) is 3.02. The summed E-state index contributed by atoms with van der Waals surface area (Å²) in [6.07, 6.45) is -0.532. The standard InChI is InChI=1S/C19H17Cl4NO2/c1-18(2,19(21,22)23)26-17(25)24-15(12-6-4-3-5-7-12)16(24)13-8-10-14(20)11-9-13/h3-11,15-16H,1-2H3/t15-,16+,24?/m1/s1. The number of amides is 1. The third kappa shape index (κ3) is 3.91. The first kappa shape index (κ1) is 19.6. The minimum atomic E-state index is -1.74. The Kier molecular flexibility index (Phi) is 5.38. The maximum absolute atomic E-state index is 12.8. The van der Waals surface area contributed by atoms with Crippen LogP contribution in [0.4, 0.5) is 4.79 Å². The summed E-state index contributed by atoms with van der Waals surface area (Å²) in [7, 11) is 0. The van der Waals surface area contributed by atoms with E-state index in [0.29, 0.717) is 5.02 Å². The lowest BCUT2D eigenvalue weighted by atomic mass is 10.0. The summed E-state index contributed by atoms with van der Waals surface area (Å²) in [4.78, 5) is 14.4. The Morgan fingerprint density at radius 2 is 1.42 bits per heavy atom. The molecule has 7 heteroatoms. The predicted octanol–water partition coefficient (Wildman–Crippen LogP) is 6.72. The molecule has 2 atom stereocenters. The number of benzene rings is 2. The van der Waals surface area contributed by atoms with Gasteiger partial charge in [0, 0.05) is 5.02 Å². The molecule has 1 saturated heterocycles. The number of hydrogen-bond acceptors (Lipinski definition) is 2. The van der Waals surface area contributed by atoms with Crippen molar-refractivity contribution in [3.8, 4) is 0 Å². The van der Waals surface area contributed by atoms with E-state index in [4.69, 9.17) is 51.1 Å². The molecule has 0 saturated carbocycles. The topological polar surface area (TPSA) is 29.3 Å². The van der Waals surface area contributed by atoms with E-state index < -0.39 is 15.5 Å². The van der Waals surface area contributed by atoms with Crippen LogP contribution in [0.1, 0.15) is 37.1 Å². The lowest BCUT2D eigenvalue weighted by Crippen LogP contribution is -2.42. The highest BCUT2D eigenvalue weighted by atomic mass is 35.6. The number of nitrogens with zero attached hydrogens (tertiary/aromatic N) is 1. The van der Waals surface area contributed by atoms with Gasteiger partial charge in [0.2, 0.25) is 3.79 Å². The van der Waals surface area contributed by atoms with Gasteiger partial charge in [-0.05, 0) is 37.1 Å². The number of carbonyl (C=O) groups excluding carboxylic acids is 1. The van der Waals surface area contributed by atoms with E-state index in [9.17, 15) is 4.79 Å². The number of halogens is 4. The molecule has 26 heavy (non-hydrogen) atoms. The Labute approximate surface area is 172 Å². The third-order valence-electron chi connectivity index (χ3n) is 4.40. The van der Waals surface area contributed by atoms with Crippen LogP contribution in [-0.2, 0) is 4.74 Å². The molecule has 3 nitrogen and oxygen atoms in total. The second-order valence-corrected chi connectivity index (χ2v) is 9.35. The fraction of sp³-hybridized carbons (Fsp3) is 0.316. The second kappa shape index (κ2) is 7.12. The van der Waals surface area contributed by atoms with Gasteiger partial charge in [-0.15, -0.1) is 0 Å². The molecule has 2 aromatic carbocycles. The summed E-state index contributed by atoms with van der Waals surface area (Å²) in [5.74, 6) is 0. The summed E-state index contributed by atoms with van der Waals surface area (Å²) < 4.78 is 3.78. The average Bonchev–Trinajstić information content (AvgIpc) is 3.30. The minimum absolute atomic E-state index is 0.143. The second-order valence-electron chi connectivity index (χ2n) is 6.64. The summed E-state index contributed by atoms with van der Waals surface area (Å²) in [5, 5.41) is 0.636. The van der Waals surface area contributed by atoms with Crippen LogP contribution in [0, 0.1) is 0 Å². The molecule has 1 fully saturated rings. The largest absolute Gasteiger partial charge is 0.439 e. The van der Waals surface area contributed by atoms with Crippen molar-refractivity contribution in [1.82, 2.24) is 4.90 Å². The molecular weight excluding hydrogens is 416 g/mol. The quantitative estimate of drug-likeness (QED) is 0.397. The minimum Gasteiger partial charge on any atom is -0.439 e. The van der Waals surface area contributed by atoms with Gasteiger partial charge in [-0.1, -0.05) is 88.9 Å². The van der Waals surface area contributed by atoms with Crippen LogP contribution < -0.4 is 0 Å². The van der Waals surface area contributed by atoms with Gasteiger partial charge in [0.1, 0.15) is 0 Å². The monoisotopic (exact) mass is 431 g/mol. The molecule has 1 amide bonds. The maximum atomic E-state index is 12.8. The summed E-state index contributed by atoms with van der Waals surface area (Å²) in [6.45, 7) is 3.13. The van der Waals surface area contributed by atoms with Gasteiger partial charge in [0.25, 0.3) is 0 Å². The smallest absolute Gasteiger partial charge is 0.411 e. The van der Waals surface area contributed by atoms with Gasteiger partial charge >= 0.3 is 6.09 Å². The first-order valence-corrected chi connectivity index (χ1v) is 9.51. The van der Waals surface area contributed by atoms with Crippen LogP contribution in [0.25, 0.3) is 0 Å². The van der Waals surface area contributed by atoms with Crippen molar-refractivity contribution in [2.75, 3.05) is 0 Å². The van der Waals surface area contributed by atoms with E-state index in [2.05, 4.69) is 0 Å². The van der Waals surface area contributed by atoms with Crippen molar-refractivity contribution in [2.45, 2.75) is 35.3 Å². The van der Waals surface area contributed by atoms with Gasteiger partial charge < -0.3 is 4.74 Å². The molecule has 0 spiro atoms. The Morgan fingerprint density at radius 3 is 1.92 bits per heavy atom. The Balaban J connectivity index is 1.88. The first-order valence-electron chi connectivity index (χ1n) is 8.00. The highest BCUT2D eigenvalue weighted by Crippen LogP contribution is 2.55. The number of carbonyl (C=O) groups is 1.